The van der Waals surface area contributed by atoms with Gasteiger partial charge in [0, 0.05) is 32.4 Å². The molecule has 4 unspecified atom stereocenters. The lowest BCUT2D eigenvalue weighted by atomic mass is 10.1. The minimum absolute atomic E-state index is 0.0430. The van der Waals surface area contributed by atoms with Crippen LogP contribution < -0.4 is 21.9 Å². The molecule has 27 heavy (non-hydrogen) atoms. The van der Waals surface area contributed by atoms with E-state index in [2.05, 4.69) is 15.9 Å². The molecule has 2 heterocycles. The average Bonchev–Trinajstić information content (AvgIpc) is 2.93. The van der Waals surface area contributed by atoms with E-state index in [1.807, 2.05) is 4.98 Å². The summed E-state index contributed by atoms with van der Waals surface area (Å²) in [6.45, 7) is -0.109. The number of urea groups is 1. The second-order valence-corrected chi connectivity index (χ2v) is 5.57. The summed E-state index contributed by atoms with van der Waals surface area (Å²) >= 11 is 0. The number of hydrogen-bond donors (Lipinski definition) is 5. The number of hydrogen-bond acceptors (Lipinski definition) is 9. The predicted molar refractivity (Wildman–Crippen MR) is 87.2 cm³/mol. The lowest BCUT2D eigenvalue weighted by Crippen LogP contribution is -2.45. The first kappa shape index (κ1) is 20.2. The fourth-order valence-electron chi connectivity index (χ4n) is 2.34. The summed E-state index contributed by atoms with van der Waals surface area (Å²) in [4.78, 5) is 58.4. The van der Waals surface area contributed by atoms with Crippen molar-refractivity contribution in [2.24, 2.45) is 5.29 Å². The summed E-state index contributed by atoms with van der Waals surface area (Å²) in [5.74, 6) is -0.794. The monoisotopic (exact) mass is 386 g/mol. The summed E-state index contributed by atoms with van der Waals surface area (Å²) in [6.07, 6.45) is -5.04. The van der Waals surface area contributed by atoms with Crippen molar-refractivity contribution >= 4 is 11.9 Å². The minimum Gasteiger partial charge on any atom is -0.387 e. The molecule has 1 aromatic rings. The van der Waals surface area contributed by atoms with E-state index in [0.29, 0.717) is 5.01 Å². The number of nitroso groups, excluding NO2 is 1. The van der Waals surface area contributed by atoms with Crippen molar-refractivity contribution < 1.29 is 24.5 Å². The first-order chi connectivity index (χ1) is 12.8. The van der Waals surface area contributed by atoms with Crippen LogP contribution in [0, 0.1) is 4.91 Å². The summed E-state index contributed by atoms with van der Waals surface area (Å²) in [7, 11) is 1.14. The largest absolute Gasteiger partial charge is 0.387 e. The van der Waals surface area contributed by atoms with Gasteiger partial charge in [0.25, 0.3) is 11.5 Å². The summed E-state index contributed by atoms with van der Waals surface area (Å²) < 4.78 is 6.10. The summed E-state index contributed by atoms with van der Waals surface area (Å²) in [5.41, 5.74) is -1.54. The number of nitrogens with one attached hydrogen (secondary N) is 3. The maximum atomic E-state index is 12.1. The van der Waals surface area contributed by atoms with Crippen molar-refractivity contribution in [3.8, 4) is 0 Å². The molecule has 0 aliphatic carbocycles. The second kappa shape index (κ2) is 8.52. The van der Waals surface area contributed by atoms with Gasteiger partial charge in [-0.05, 0) is 0 Å². The quantitative estimate of drug-likeness (QED) is 0.189. The topological polar surface area (TPSA) is 195 Å². The van der Waals surface area contributed by atoms with E-state index in [1.54, 1.807) is 0 Å². The number of carbonyl (C=O) groups is 2. The number of aromatic nitrogens is 2. The predicted octanol–water partition coefficient (Wildman–Crippen LogP) is -3.41. The molecule has 1 aromatic heterocycles. The highest BCUT2D eigenvalue weighted by molar-refractivity contribution is 5.82. The molecular weight excluding hydrogens is 368 g/mol. The molecule has 2 rings (SSSR count). The summed E-state index contributed by atoms with van der Waals surface area (Å²) in [6, 6.07) is 0.245. The molecule has 1 fully saturated rings. The molecule has 3 amide bonds. The Balaban J connectivity index is 1.93. The van der Waals surface area contributed by atoms with E-state index in [-0.39, 0.29) is 13.1 Å². The lowest BCUT2D eigenvalue weighted by molar-refractivity contribution is -0.137. The maximum absolute atomic E-state index is 12.1. The number of aliphatic hydroxyl groups excluding tert-OH is 2. The number of ether oxygens (including phenoxy) is 1. The number of H-pyrrole nitrogens is 1. The molecule has 14 nitrogen and oxygen atoms in total. The molecular formula is C13H18N6O8. The Labute approximate surface area is 150 Å². The number of aromatic amines is 1. The van der Waals surface area contributed by atoms with Crippen LogP contribution >= 0.6 is 0 Å². The van der Waals surface area contributed by atoms with E-state index in [0.717, 1.165) is 23.9 Å². The number of amides is 3. The number of rotatable bonds is 6. The van der Waals surface area contributed by atoms with Crippen LogP contribution in [0.5, 0.6) is 0 Å². The summed E-state index contributed by atoms with van der Waals surface area (Å²) in [5, 5.41) is 27.6. The molecule has 0 spiro atoms. The molecule has 0 saturated carbocycles. The zero-order valence-corrected chi connectivity index (χ0v) is 14.1. The molecule has 148 valence electrons. The van der Waals surface area contributed by atoms with Gasteiger partial charge < -0.3 is 25.6 Å². The van der Waals surface area contributed by atoms with Crippen molar-refractivity contribution in [1.29, 1.82) is 0 Å². The van der Waals surface area contributed by atoms with E-state index in [1.165, 1.54) is 0 Å². The lowest BCUT2D eigenvalue weighted by Gasteiger charge is -2.16. The van der Waals surface area contributed by atoms with Crippen LogP contribution in [0.4, 0.5) is 4.79 Å². The van der Waals surface area contributed by atoms with Gasteiger partial charge in [-0.1, -0.05) is 0 Å². The van der Waals surface area contributed by atoms with Gasteiger partial charge in [-0.25, -0.2) is 9.59 Å². The van der Waals surface area contributed by atoms with Crippen LogP contribution in [0.2, 0.25) is 0 Å². The van der Waals surface area contributed by atoms with Gasteiger partial charge in [0.05, 0.1) is 5.29 Å². The van der Waals surface area contributed by atoms with Crippen molar-refractivity contribution in [3.63, 3.8) is 0 Å². The van der Waals surface area contributed by atoms with Crippen molar-refractivity contribution in [3.05, 3.63) is 38.0 Å². The van der Waals surface area contributed by atoms with Gasteiger partial charge in [0.15, 0.2) is 12.3 Å². The third-order valence-electron chi connectivity index (χ3n) is 3.74. The van der Waals surface area contributed by atoms with Gasteiger partial charge in [0.1, 0.15) is 12.2 Å². The molecule has 1 aliphatic rings. The zero-order valence-electron chi connectivity index (χ0n) is 14.1. The normalized spacial score (nSPS) is 24.3. The van der Waals surface area contributed by atoms with E-state index in [9.17, 15) is 34.3 Å². The van der Waals surface area contributed by atoms with Gasteiger partial charge in [-0.15, -0.1) is 4.91 Å². The Morgan fingerprint density at radius 1 is 1.30 bits per heavy atom. The number of nitrogens with zero attached hydrogens (tertiary/aromatic N) is 3. The second-order valence-electron chi connectivity index (χ2n) is 5.57. The van der Waals surface area contributed by atoms with Crippen molar-refractivity contribution in [2.75, 3.05) is 20.1 Å². The molecule has 4 atom stereocenters. The maximum Gasteiger partial charge on any atom is 0.340 e. The van der Waals surface area contributed by atoms with Crippen LogP contribution in [-0.2, 0) is 9.53 Å². The van der Waals surface area contributed by atoms with E-state index in [4.69, 9.17) is 4.74 Å². The number of carbonyl (C=O) groups excluding carboxylic acids is 2. The fourth-order valence-corrected chi connectivity index (χ4v) is 2.34. The van der Waals surface area contributed by atoms with Crippen LogP contribution in [0.15, 0.2) is 27.1 Å². The van der Waals surface area contributed by atoms with Gasteiger partial charge >= 0.3 is 11.7 Å². The van der Waals surface area contributed by atoms with Gasteiger partial charge in [0.2, 0.25) is 0 Å². The van der Waals surface area contributed by atoms with Gasteiger partial charge in [-0.2, -0.15) is 5.01 Å². The van der Waals surface area contributed by atoms with E-state index >= 15 is 0 Å². The van der Waals surface area contributed by atoms with Crippen LogP contribution in [-0.4, -0.2) is 75.2 Å². The molecule has 0 bridgehead atoms. The van der Waals surface area contributed by atoms with Crippen LogP contribution in [0.1, 0.15) is 6.23 Å². The first-order valence-corrected chi connectivity index (χ1v) is 7.72. The Kier molecular flexibility index (Phi) is 6.38. The molecule has 1 saturated heterocycles. The highest BCUT2D eigenvalue weighted by Gasteiger charge is 2.47. The third kappa shape index (κ3) is 4.55. The number of aliphatic hydroxyl groups is 2. The van der Waals surface area contributed by atoms with Crippen molar-refractivity contribution in [2.45, 2.75) is 24.5 Å². The highest BCUT2D eigenvalue weighted by Crippen LogP contribution is 2.28. The van der Waals surface area contributed by atoms with Crippen molar-refractivity contribution in [1.82, 2.24) is 25.2 Å². The smallest absolute Gasteiger partial charge is 0.340 e. The SMILES string of the molecule is CN(N=O)C(=O)NCCNC(=O)C1OC(n2ccc(=O)[nH]c2=O)C(O)C1O. The average molecular weight is 386 g/mol. The Bertz CT molecular complexity index is 822. The van der Waals surface area contributed by atoms with Crippen LogP contribution in [0.25, 0.3) is 0 Å². The Morgan fingerprint density at radius 3 is 2.59 bits per heavy atom. The molecule has 1 aliphatic heterocycles. The first-order valence-electron chi connectivity index (χ1n) is 7.72. The van der Waals surface area contributed by atoms with Gasteiger partial charge in [-0.3, -0.25) is 19.1 Å². The molecule has 14 heteroatoms. The standard InChI is InChI=1S/C13H18N6O8/c1-18(17-26)12(24)15-4-3-14-10(23)9-7(21)8(22)11(27-9)19-5-2-6(20)16-13(19)25/h2,5,7-9,11,21-22H,3-4H2,1H3,(H,14,23)(H,15,24)(H,16,20,25). The van der Waals surface area contributed by atoms with E-state index < -0.39 is 47.7 Å². The fraction of sp³-hybridized carbons (Fsp3) is 0.538. The third-order valence-corrected chi connectivity index (χ3v) is 3.74. The van der Waals surface area contributed by atoms with Crippen LogP contribution in [0.3, 0.4) is 0 Å². The molecule has 0 radical (unpaired) electrons. The Morgan fingerprint density at radius 2 is 1.96 bits per heavy atom. The minimum atomic E-state index is -1.63. The highest BCUT2D eigenvalue weighted by atomic mass is 16.6. The molecule has 0 aromatic carbocycles. The molecule has 5 N–H and O–H groups in total. The zero-order chi connectivity index (χ0) is 20.1. The Hall–Kier alpha value is -3.10.